The number of likely N-dealkylation sites (N-methyl/N-ethyl adjacent to an activating group) is 1. The maximum Gasteiger partial charge on any atom is 0.370 e. The van der Waals surface area contributed by atoms with Crippen LogP contribution in [0.4, 0.5) is 0 Å². The zero-order valence-electron chi connectivity index (χ0n) is 11.4. The smallest absolute Gasteiger partial charge is 0.370 e. The maximum atomic E-state index is 11.2. The van der Waals surface area contributed by atoms with Crippen molar-refractivity contribution in [3.05, 3.63) is 11.8 Å². The monoisotopic (exact) mass is 271 g/mol. The molecule has 0 saturated carbocycles. The van der Waals surface area contributed by atoms with E-state index in [9.17, 15) is 9.59 Å². The quantitative estimate of drug-likeness (QED) is 0.601. The van der Waals surface area contributed by atoms with Gasteiger partial charge in [-0.1, -0.05) is 6.92 Å². The van der Waals surface area contributed by atoms with Gasteiger partial charge in [-0.05, 0) is 19.7 Å². The summed E-state index contributed by atoms with van der Waals surface area (Å²) in [7, 11) is 1.89. The van der Waals surface area contributed by atoms with E-state index in [1.807, 2.05) is 18.9 Å². The van der Waals surface area contributed by atoms with Gasteiger partial charge in [0.25, 0.3) is 0 Å². The third-order valence-corrected chi connectivity index (χ3v) is 3.05. The van der Waals surface area contributed by atoms with Crippen molar-refractivity contribution in [3.8, 4) is 0 Å². The van der Waals surface area contributed by atoms with Crippen LogP contribution in [0.3, 0.4) is 0 Å². The van der Waals surface area contributed by atoms with Crippen LogP contribution in [0.5, 0.6) is 0 Å². The van der Waals surface area contributed by atoms with E-state index in [0.29, 0.717) is 6.54 Å². The fourth-order valence-corrected chi connectivity index (χ4v) is 1.93. The summed E-state index contributed by atoms with van der Waals surface area (Å²) in [6.45, 7) is 4.64. The molecular weight excluding hydrogens is 250 g/mol. The number of hydrogen-bond donors (Lipinski definition) is 3. The average molecular weight is 271 g/mol. The normalized spacial score (nSPS) is 26.6. The summed E-state index contributed by atoms with van der Waals surface area (Å²) in [5.41, 5.74) is 5.91. The van der Waals surface area contributed by atoms with Gasteiger partial charge in [-0.15, -0.1) is 0 Å². The Bertz CT molecular complexity index is 383. The molecule has 19 heavy (non-hydrogen) atoms. The Labute approximate surface area is 112 Å². The molecule has 0 aromatic heterocycles. The lowest BCUT2D eigenvalue weighted by molar-refractivity contribution is -0.139. The van der Waals surface area contributed by atoms with Crippen molar-refractivity contribution >= 4 is 11.9 Å². The first-order valence-corrected chi connectivity index (χ1v) is 6.18. The highest BCUT2D eigenvalue weighted by molar-refractivity contribution is 5.84. The van der Waals surface area contributed by atoms with Crippen LogP contribution in [0.1, 0.15) is 13.8 Å². The number of aliphatic carboxylic acids is 1. The van der Waals surface area contributed by atoms with Gasteiger partial charge < -0.3 is 25.8 Å². The van der Waals surface area contributed by atoms with Gasteiger partial charge in [-0.25, -0.2) is 4.79 Å². The molecule has 1 aliphatic heterocycles. The van der Waals surface area contributed by atoms with Crippen molar-refractivity contribution in [1.82, 2.24) is 10.2 Å². The lowest BCUT2D eigenvalue weighted by Gasteiger charge is -2.36. The number of carboxylic acid groups (broad SMARTS) is 1. The fourth-order valence-electron chi connectivity index (χ4n) is 1.93. The second-order valence-corrected chi connectivity index (χ2v) is 4.65. The van der Waals surface area contributed by atoms with Gasteiger partial charge in [0.05, 0.1) is 12.1 Å². The summed E-state index contributed by atoms with van der Waals surface area (Å²) < 4.78 is 5.43. The van der Waals surface area contributed by atoms with Gasteiger partial charge in [-0.3, -0.25) is 4.79 Å². The number of carbonyl (C=O) groups is 2. The third kappa shape index (κ3) is 4.22. The van der Waals surface area contributed by atoms with Crippen molar-refractivity contribution < 1.29 is 19.4 Å². The molecule has 7 nitrogen and oxygen atoms in total. The summed E-state index contributed by atoms with van der Waals surface area (Å²) >= 11 is 0. The van der Waals surface area contributed by atoms with E-state index in [2.05, 4.69) is 5.32 Å². The lowest BCUT2D eigenvalue weighted by atomic mass is 9.98. The molecule has 1 aliphatic rings. The maximum absolute atomic E-state index is 11.2. The van der Waals surface area contributed by atoms with Crippen molar-refractivity contribution in [1.29, 1.82) is 0 Å². The molecule has 7 heteroatoms. The molecule has 1 rings (SSSR count). The molecule has 0 aliphatic carbocycles. The zero-order chi connectivity index (χ0) is 14.6. The van der Waals surface area contributed by atoms with Crippen LogP contribution < -0.4 is 11.1 Å². The van der Waals surface area contributed by atoms with Gasteiger partial charge in [0.2, 0.25) is 11.7 Å². The standard InChI is InChI=1S/C12H21N3O4/c1-4-15(3)6-10-11(14-7(2)16)8(13)5-9(19-10)12(17)18/h5,8,10-11H,4,6,13H2,1-3H3,(H,14,16)(H,17,18)/t8-,10-,11+/m0/s1. The molecule has 1 heterocycles. The van der Waals surface area contributed by atoms with Gasteiger partial charge in [0, 0.05) is 13.5 Å². The molecule has 0 unspecified atom stereocenters. The number of carboxylic acids is 1. The molecule has 4 N–H and O–H groups in total. The van der Waals surface area contributed by atoms with Crippen LogP contribution in [0, 0.1) is 0 Å². The Balaban J connectivity index is 2.90. The molecule has 0 radical (unpaired) electrons. The van der Waals surface area contributed by atoms with Crippen LogP contribution >= 0.6 is 0 Å². The first-order chi connectivity index (χ1) is 8.85. The summed E-state index contributed by atoms with van der Waals surface area (Å²) in [4.78, 5) is 24.2. The number of nitrogens with two attached hydrogens (primary N) is 1. The summed E-state index contributed by atoms with van der Waals surface area (Å²) in [5, 5.41) is 11.7. The van der Waals surface area contributed by atoms with E-state index in [-0.39, 0.29) is 11.7 Å². The molecule has 0 aromatic rings. The number of nitrogens with zero attached hydrogens (tertiary/aromatic N) is 1. The Morgan fingerprint density at radius 2 is 2.21 bits per heavy atom. The molecule has 3 atom stereocenters. The predicted molar refractivity (Wildman–Crippen MR) is 69.3 cm³/mol. The summed E-state index contributed by atoms with van der Waals surface area (Å²) in [6.07, 6.45) is 0.839. The number of carbonyl (C=O) groups excluding carboxylic acids is 1. The van der Waals surface area contributed by atoms with E-state index in [0.717, 1.165) is 6.54 Å². The van der Waals surface area contributed by atoms with E-state index in [1.54, 1.807) is 0 Å². The van der Waals surface area contributed by atoms with Crippen LogP contribution in [0.25, 0.3) is 0 Å². The van der Waals surface area contributed by atoms with Crippen LogP contribution in [-0.4, -0.2) is 60.2 Å². The largest absolute Gasteiger partial charge is 0.480 e. The van der Waals surface area contributed by atoms with Crippen LogP contribution in [-0.2, 0) is 14.3 Å². The summed E-state index contributed by atoms with van der Waals surface area (Å²) in [5.74, 6) is -1.54. The number of ether oxygens (including phenoxy) is 1. The second-order valence-electron chi connectivity index (χ2n) is 4.65. The second kappa shape index (κ2) is 6.53. The topological polar surface area (TPSA) is 105 Å². The SMILES string of the molecule is CCN(C)C[C@@H]1OC(C(=O)O)=C[C@H](N)[C@H]1NC(C)=O. The summed E-state index contributed by atoms with van der Waals surface area (Å²) in [6, 6.07) is -1.02. The molecule has 0 fully saturated rings. The Morgan fingerprint density at radius 1 is 1.58 bits per heavy atom. The highest BCUT2D eigenvalue weighted by Crippen LogP contribution is 2.18. The van der Waals surface area contributed by atoms with Gasteiger partial charge >= 0.3 is 5.97 Å². The Kier molecular flexibility index (Phi) is 5.31. The first kappa shape index (κ1) is 15.5. The highest BCUT2D eigenvalue weighted by Gasteiger charge is 2.36. The van der Waals surface area contributed by atoms with E-state index >= 15 is 0 Å². The number of nitrogens with one attached hydrogen (secondary N) is 1. The Hall–Kier alpha value is -1.60. The zero-order valence-corrected chi connectivity index (χ0v) is 11.4. The van der Waals surface area contributed by atoms with Gasteiger partial charge in [-0.2, -0.15) is 0 Å². The van der Waals surface area contributed by atoms with Crippen molar-refractivity contribution in [2.24, 2.45) is 5.73 Å². The van der Waals surface area contributed by atoms with Crippen LogP contribution in [0.15, 0.2) is 11.8 Å². The van der Waals surface area contributed by atoms with Crippen molar-refractivity contribution in [2.75, 3.05) is 20.1 Å². The molecular formula is C12H21N3O4. The minimum Gasteiger partial charge on any atom is -0.480 e. The molecule has 0 saturated heterocycles. The van der Waals surface area contributed by atoms with Gasteiger partial charge in [0.1, 0.15) is 6.10 Å². The van der Waals surface area contributed by atoms with E-state index in [4.69, 9.17) is 15.6 Å². The number of amides is 1. The number of hydrogen-bond acceptors (Lipinski definition) is 5. The minimum atomic E-state index is -1.15. The fraction of sp³-hybridized carbons (Fsp3) is 0.667. The minimum absolute atomic E-state index is 0.163. The van der Waals surface area contributed by atoms with Gasteiger partial charge in [0.15, 0.2) is 0 Å². The van der Waals surface area contributed by atoms with Crippen LogP contribution in [0.2, 0.25) is 0 Å². The highest BCUT2D eigenvalue weighted by atomic mass is 16.5. The first-order valence-electron chi connectivity index (χ1n) is 6.18. The Morgan fingerprint density at radius 3 is 2.68 bits per heavy atom. The molecule has 0 bridgehead atoms. The molecule has 1 amide bonds. The average Bonchev–Trinajstić information content (AvgIpc) is 2.32. The molecule has 0 spiro atoms. The van der Waals surface area contributed by atoms with Crippen molar-refractivity contribution in [2.45, 2.75) is 32.0 Å². The lowest BCUT2D eigenvalue weighted by Crippen LogP contribution is -2.59. The van der Waals surface area contributed by atoms with E-state index in [1.165, 1.54) is 13.0 Å². The molecule has 0 aromatic carbocycles. The van der Waals surface area contributed by atoms with Crippen molar-refractivity contribution in [3.63, 3.8) is 0 Å². The third-order valence-electron chi connectivity index (χ3n) is 3.05. The predicted octanol–water partition coefficient (Wildman–Crippen LogP) is -0.863. The van der Waals surface area contributed by atoms with E-state index < -0.39 is 24.2 Å². The number of rotatable bonds is 5. The molecule has 108 valence electrons.